The fourth-order valence-electron chi connectivity index (χ4n) is 1.62. The lowest BCUT2D eigenvalue weighted by molar-refractivity contribution is 0.194. The summed E-state index contributed by atoms with van der Waals surface area (Å²) in [5, 5.41) is 10.8. The van der Waals surface area contributed by atoms with Crippen LogP contribution in [0.2, 0.25) is 0 Å². The van der Waals surface area contributed by atoms with Crippen LogP contribution >= 0.6 is 0 Å². The van der Waals surface area contributed by atoms with E-state index in [1.165, 1.54) is 12.1 Å². The summed E-state index contributed by atoms with van der Waals surface area (Å²) in [6.07, 6.45) is -1.15. The Morgan fingerprint density at radius 2 is 2.05 bits per heavy atom. The summed E-state index contributed by atoms with van der Waals surface area (Å²) in [5.41, 5.74) is 6.72. The smallest absolute Gasteiger partial charge is 0.404 e. The summed E-state index contributed by atoms with van der Waals surface area (Å²) in [6, 6.07) is 10.7. The van der Waals surface area contributed by atoms with Crippen molar-refractivity contribution < 1.29 is 19.0 Å². The molecule has 2 aromatic carbocycles. The van der Waals surface area contributed by atoms with Gasteiger partial charge in [0.05, 0.1) is 0 Å². The highest BCUT2D eigenvalue weighted by molar-refractivity contribution is 5.65. The lowest BCUT2D eigenvalue weighted by atomic mass is 10.1. The first-order valence-corrected chi connectivity index (χ1v) is 5.84. The maximum atomic E-state index is 13.5. The lowest BCUT2D eigenvalue weighted by Crippen LogP contribution is -2.20. The van der Waals surface area contributed by atoms with Gasteiger partial charge in [-0.1, -0.05) is 12.1 Å². The minimum atomic E-state index is -1.15. The Balaban J connectivity index is 2.19. The fraction of sp³-hybridized carbons (Fsp3) is 0.0714. The molecule has 0 spiro atoms. The quantitative estimate of drug-likeness (QED) is 0.749. The van der Waals surface area contributed by atoms with Gasteiger partial charge in [0.25, 0.3) is 0 Å². The first-order valence-electron chi connectivity index (χ1n) is 5.84. The van der Waals surface area contributed by atoms with E-state index in [4.69, 9.17) is 15.6 Å². The van der Waals surface area contributed by atoms with Crippen molar-refractivity contribution in [3.05, 3.63) is 53.8 Å². The molecule has 0 aromatic heterocycles. The predicted octanol–water partition coefficient (Wildman–Crippen LogP) is 2.97. The van der Waals surface area contributed by atoms with Gasteiger partial charge in [0.1, 0.15) is 5.75 Å². The molecule has 6 heteroatoms. The molecular formula is C14H13FN2O3. The number of para-hydroxylation sites is 1. The number of nitrogens with one attached hydrogen (secondary N) is 1. The first kappa shape index (κ1) is 13.7. The molecule has 0 aliphatic carbocycles. The van der Waals surface area contributed by atoms with E-state index in [1.807, 2.05) is 0 Å². The average molecular weight is 276 g/mol. The second-order valence-electron chi connectivity index (χ2n) is 4.05. The maximum absolute atomic E-state index is 13.5. The Kier molecular flexibility index (Phi) is 4.05. The third kappa shape index (κ3) is 3.38. The number of nitrogens with two attached hydrogens (primary N) is 1. The van der Waals surface area contributed by atoms with Crippen molar-refractivity contribution in [2.24, 2.45) is 0 Å². The van der Waals surface area contributed by atoms with Gasteiger partial charge >= 0.3 is 6.09 Å². The summed E-state index contributed by atoms with van der Waals surface area (Å²) >= 11 is 0. The Bertz CT molecular complexity index is 632. The highest BCUT2D eigenvalue weighted by Gasteiger charge is 2.07. The molecule has 0 radical (unpaired) electrons. The molecule has 0 saturated heterocycles. The van der Waals surface area contributed by atoms with Gasteiger partial charge in [0.2, 0.25) is 0 Å². The molecule has 0 atom stereocenters. The predicted molar refractivity (Wildman–Crippen MR) is 72.2 cm³/mol. The van der Waals surface area contributed by atoms with Crippen LogP contribution in [0.1, 0.15) is 5.56 Å². The molecule has 1 amide bonds. The van der Waals surface area contributed by atoms with E-state index in [0.29, 0.717) is 17.0 Å². The van der Waals surface area contributed by atoms with Crippen molar-refractivity contribution in [3.63, 3.8) is 0 Å². The van der Waals surface area contributed by atoms with Crippen LogP contribution in [0, 0.1) is 5.82 Å². The third-order valence-electron chi connectivity index (χ3n) is 2.61. The normalized spacial score (nSPS) is 10.1. The zero-order chi connectivity index (χ0) is 14.5. The number of carboxylic acid groups (broad SMARTS) is 1. The summed E-state index contributed by atoms with van der Waals surface area (Å²) in [6.45, 7) is 0.0512. The van der Waals surface area contributed by atoms with E-state index < -0.39 is 11.9 Å². The standard InChI is InChI=1S/C14H13FN2O3/c15-11-3-1-2-4-13(11)20-10-5-6-12(16)9(7-10)8-17-14(18)19/h1-7,17H,8,16H2,(H,18,19). The third-order valence-corrected chi connectivity index (χ3v) is 2.61. The summed E-state index contributed by atoms with van der Waals surface area (Å²) in [7, 11) is 0. The highest BCUT2D eigenvalue weighted by atomic mass is 19.1. The zero-order valence-corrected chi connectivity index (χ0v) is 10.5. The minimum Gasteiger partial charge on any atom is -0.465 e. The van der Waals surface area contributed by atoms with Gasteiger partial charge in [-0.05, 0) is 35.9 Å². The zero-order valence-electron chi connectivity index (χ0n) is 10.5. The molecule has 104 valence electrons. The van der Waals surface area contributed by atoms with E-state index in [0.717, 1.165) is 0 Å². The van der Waals surface area contributed by atoms with E-state index in [-0.39, 0.29) is 12.3 Å². The molecule has 2 aromatic rings. The first-order chi connectivity index (χ1) is 9.56. The summed E-state index contributed by atoms with van der Waals surface area (Å²) in [5.74, 6) is -0.00422. The van der Waals surface area contributed by atoms with E-state index in [1.54, 1.807) is 30.3 Å². The Hall–Kier alpha value is -2.76. The van der Waals surface area contributed by atoms with Gasteiger partial charge in [-0.3, -0.25) is 0 Å². The largest absolute Gasteiger partial charge is 0.465 e. The Morgan fingerprint density at radius 1 is 1.30 bits per heavy atom. The molecule has 0 aliphatic heterocycles. The number of anilines is 1. The van der Waals surface area contributed by atoms with Crippen LogP contribution in [-0.2, 0) is 6.54 Å². The van der Waals surface area contributed by atoms with E-state index in [9.17, 15) is 9.18 Å². The fourth-order valence-corrected chi connectivity index (χ4v) is 1.62. The lowest BCUT2D eigenvalue weighted by Gasteiger charge is -2.10. The van der Waals surface area contributed by atoms with Gasteiger partial charge in [0.15, 0.2) is 11.6 Å². The number of hydrogen-bond donors (Lipinski definition) is 3. The Morgan fingerprint density at radius 3 is 2.75 bits per heavy atom. The van der Waals surface area contributed by atoms with Gasteiger partial charge in [0, 0.05) is 12.2 Å². The van der Waals surface area contributed by atoms with Crippen molar-refractivity contribution in [3.8, 4) is 11.5 Å². The van der Waals surface area contributed by atoms with Gasteiger partial charge in [-0.2, -0.15) is 0 Å². The topological polar surface area (TPSA) is 84.6 Å². The van der Waals surface area contributed by atoms with Crippen LogP contribution in [0.4, 0.5) is 14.9 Å². The Labute approximate surface area is 114 Å². The minimum absolute atomic E-state index is 0.0512. The molecule has 5 nitrogen and oxygen atoms in total. The van der Waals surface area contributed by atoms with Crippen LogP contribution in [0.5, 0.6) is 11.5 Å². The number of hydrogen-bond acceptors (Lipinski definition) is 3. The van der Waals surface area contributed by atoms with Crippen LogP contribution in [0.3, 0.4) is 0 Å². The van der Waals surface area contributed by atoms with E-state index in [2.05, 4.69) is 5.32 Å². The van der Waals surface area contributed by atoms with Crippen molar-refractivity contribution in [2.45, 2.75) is 6.54 Å². The number of ether oxygens (including phenoxy) is 1. The molecule has 0 saturated carbocycles. The molecule has 20 heavy (non-hydrogen) atoms. The number of carbonyl (C=O) groups is 1. The second kappa shape index (κ2) is 5.92. The number of amides is 1. The van der Waals surface area contributed by atoms with Crippen LogP contribution in [-0.4, -0.2) is 11.2 Å². The van der Waals surface area contributed by atoms with Crippen molar-refractivity contribution in [2.75, 3.05) is 5.73 Å². The number of benzene rings is 2. The second-order valence-corrected chi connectivity index (χ2v) is 4.05. The van der Waals surface area contributed by atoms with Crippen LogP contribution in [0.25, 0.3) is 0 Å². The van der Waals surface area contributed by atoms with Gasteiger partial charge in [-0.15, -0.1) is 0 Å². The molecule has 0 aliphatic rings. The number of halogens is 1. The molecule has 2 rings (SSSR count). The summed E-state index contributed by atoms with van der Waals surface area (Å²) in [4.78, 5) is 10.5. The van der Waals surface area contributed by atoms with E-state index >= 15 is 0 Å². The van der Waals surface area contributed by atoms with Crippen molar-refractivity contribution in [1.29, 1.82) is 0 Å². The SMILES string of the molecule is Nc1ccc(Oc2ccccc2F)cc1CNC(=O)O. The average Bonchev–Trinajstić information content (AvgIpc) is 2.42. The molecule has 4 N–H and O–H groups in total. The van der Waals surface area contributed by atoms with Gasteiger partial charge in [-0.25, -0.2) is 9.18 Å². The molecule has 0 fully saturated rings. The molecule has 0 unspecified atom stereocenters. The van der Waals surface area contributed by atoms with Crippen molar-refractivity contribution >= 4 is 11.8 Å². The number of rotatable bonds is 4. The molecular weight excluding hydrogens is 263 g/mol. The highest BCUT2D eigenvalue weighted by Crippen LogP contribution is 2.26. The molecule has 0 heterocycles. The maximum Gasteiger partial charge on any atom is 0.404 e. The molecule has 0 bridgehead atoms. The van der Waals surface area contributed by atoms with Crippen LogP contribution < -0.4 is 15.8 Å². The summed E-state index contributed by atoms with van der Waals surface area (Å²) < 4.78 is 18.9. The van der Waals surface area contributed by atoms with Crippen molar-refractivity contribution in [1.82, 2.24) is 5.32 Å². The van der Waals surface area contributed by atoms with Crippen LogP contribution in [0.15, 0.2) is 42.5 Å². The van der Waals surface area contributed by atoms with Gasteiger partial charge < -0.3 is 20.9 Å². The monoisotopic (exact) mass is 276 g/mol. The number of nitrogen functional groups attached to an aromatic ring is 1.